The van der Waals surface area contributed by atoms with Crippen LogP contribution in [0.1, 0.15) is 6.42 Å². The van der Waals surface area contributed by atoms with Gasteiger partial charge in [-0.05, 0) is 18.6 Å². The van der Waals surface area contributed by atoms with Crippen molar-refractivity contribution in [1.82, 2.24) is 0 Å². The predicted molar refractivity (Wildman–Crippen MR) is 62.7 cm³/mol. The van der Waals surface area contributed by atoms with Gasteiger partial charge in [-0.15, -0.1) is 0 Å². The van der Waals surface area contributed by atoms with E-state index in [0.717, 1.165) is 11.9 Å². The molecule has 86 valence electrons. The van der Waals surface area contributed by atoms with E-state index in [9.17, 15) is 9.90 Å². The van der Waals surface area contributed by atoms with Gasteiger partial charge < -0.3 is 10.0 Å². The van der Waals surface area contributed by atoms with Gasteiger partial charge in [0, 0.05) is 12.2 Å². The van der Waals surface area contributed by atoms with Gasteiger partial charge in [-0.1, -0.05) is 18.2 Å². The maximum atomic E-state index is 12.0. The van der Waals surface area contributed by atoms with Crippen LogP contribution in [0.2, 0.25) is 0 Å². The Balaban J connectivity index is 2.20. The van der Waals surface area contributed by atoms with E-state index in [-0.39, 0.29) is 11.7 Å². The van der Waals surface area contributed by atoms with Crippen molar-refractivity contribution in [2.75, 3.05) is 11.4 Å². The van der Waals surface area contributed by atoms with E-state index in [2.05, 4.69) is 4.98 Å². The van der Waals surface area contributed by atoms with Crippen molar-refractivity contribution in [3.8, 4) is 0 Å². The van der Waals surface area contributed by atoms with Crippen molar-refractivity contribution in [2.24, 2.45) is 5.92 Å². The van der Waals surface area contributed by atoms with E-state index in [1.807, 2.05) is 30.3 Å². The Labute approximate surface area is 98.6 Å². The summed E-state index contributed by atoms with van der Waals surface area (Å²) in [7, 11) is 0. The number of rotatable bonds is 2. The number of anilines is 1. The molecule has 17 heavy (non-hydrogen) atoms. The summed E-state index contributed by atoms with van der Waals surface area (Å²) in [6, 6.07) is 9.28. The highest BCUT2D eigenvalue weighted by molar-refractivity contribution is 5.98. The first kappa shape index (κ1) is 11.1. The molecule has 1 N–H and O–H groups in total. The zero-order chi connectivity index (χ0) is 12.3. The quantitative estimate of drug-likeness (QED) is 0.626. The fraction of sp³-hybridized carbons (Fsp3) is 0.250. The number of para-hydroxylation sites is 1. The van der Waals surface area contributed by atoms with E-state index >= 15 is 0 Å². The van der Waals surface area contributed by atoms with Crippen molar-refractivity contribution in [2.45, 2.75) is 6.42 Å². The average Bonchev–Trinajstić information content (AvgIpc) is 2.72. The minimum atomic E-state index is -0.605. The van der Waals surface area contributed by atoms with Gasteiger partial charge in [-0.3, -0.25) is 4.79 Å². The van der Waals surface area contributed by atoms with Gasteiger partial charge in [0.1, 0.15) is 5.92 Å². The molecule has 1 aliphatic heterocycles. The van der Waals surface area contributed by atoms with Gasteiger partial charge in [0.2, 0.25) is 11.3 Å². The molecule has 0 bridgehead atoms. The largest absolute Gasteiger partial charge is 0.505 e. The Morgan fingerprint density at radius 2 is 2.18 bits per heavy atom. The minimum Gasteiger partial charge on any atom is -0.505 e. The molecule has 1 aromatic carbocycles. The van der Waals surface area contributed by atoms with Crippen molar-refractivity contribution in [1.29, 1.82) is 5.39 Å². The number of aliphatic hydroxyl groups excluding tert-OH is 1. The Morgan fingerprint density at radius 1 is 1.47 bits per heavy atom. The first-order chi connectivity index (χ1) is 8.24. The molecular weight excluding hydrogens is 218 g/mol. The maximum Gasteiger partial charge on any atom is 0.388 e. The van der Waals surface area contributed by atoms with Gasteiger partial charge in [0.05, 0.1) is 0 Å². The number of benzene rings is 1. The van der Waals surface area contributed by atoms with Gasteiger partial charge >= 0.3 is 6.20 Å². The lowest BCUT2D eigenvalue weighted by atomic mass is 10.1. The zero-order valence-electron chi connectivity index (χ0n) is 9.15. The minimum absolute atomic E-state index is 0.173. The van der Waals surface area contributed by atoms with Crippen LogP contribution in [-0.2, 0) is 4.79 Å². The number of diazo groups is 1. The molecule has 0 spiro atoms. The SMILES string of the molecule is N#[N+]/C=C(\O)C1CCN(c2ccccc2)C1=O. The van der Waals surface area contributed by atoms with Crippen molar-refractivity contribution in [3.05, 3.63) is 47.3 Å². The fourth-order valence-corrected chi connectivity index (χ4v) is 1.97. The molecule has 1 aromatic rings. The third kappa shape index (κ3) is 2.11. The van der Waals surface area contributed by atoms with Crippen LogP contribution in [0.25, 0.3) is 4.98 Å². The third-order valence-corrected chi connectivity index (χ3v) is 2.82. The lowest BCUT2D eigenvalue weighted by molar-refractivity contribution is -0.120. The summed E-state index contributed by atoms with van der Waals surface area (Å²) in [5.74, 6) is -0.976. The number of aliphatic hydroxyl groups is 1. The number of nitrogens with zero attached hydrogens (tertiary/aromatic N) is 3. The Hall–Kier alpha value is -2.35. The molecule has 5 nitrogen and oxygen atoms in total. The molecule has 0 saturated carbocycles. The van der Waals surface area contributed by atoms with Crippen LogP contribution < -0.4 is 4.90 Å². The highest BCUT2D eigenvalue weighted by Crippen LogP contribution is 2.28. The van der Waals surface area contributed by atoms with Crippen LogP contribution in [0.3, 0.4) is 0 Å². The van der Waals surface area contributed by atoms with E-state index < -0.39 is 5.92 Å². The molecule has 0 aromatic heterocycles. The summed E-state index contributed by atoms with van der Waals surface area (Å²) in [4.78, 5) is 16.4. The Bertz CT molecular complexity index is 490. The molecule has 1 fully saturated rings. The van der Waals surface area contributed by atoms with Crippen LogP contribution in [0, 0.1) is 11.3 Å². The predicted octanol–water partition coefficient (Wildman–Crippen LogP) is 2.29. The summed E-state index contributed by atoms with van der Waals surface area (Å²) in [6.45, 7) is 0.552. The molecule has 1 amide bonds. The second kappa shape index (κ2) is 4.66. The van der Waals surface area contributed by atoms with E-state index in [1.54, 1.807) is 4.90 Å². The number of carbonyl (C=O) groups is 1. The summed E-state index contributed by atoms with van der Waals surface area (Å²) in [5.41, 5.74) is 0.814. The monoisotopic (exact) mass is 230 g/mol. The fourth-order valence-electron chi connectivity index (χ4n) is 1.97. The molecule has 0 radical (unpaired) electrons. The molecule has 2 rings (SSSR count). The number of hydrogen-bond acceptors (Lipinski definition) is 3. The van der Waals surface area contributed by atoms with Gasteiger partial charge in [-0.25, -0.2) is 0 Å². The topological polar surface area (TPSA) is 68.7 Å². The van der Waals surface area contributed by atoms with Gasteiger partial charge in [0.25, 0.3) is 0 Å². The second-order valence-electron chi connectivity index (χ2n) is 3.84. The first-order valence-corrected chi connectivity index (χ1v) is 5.33. The van der Waals surface area contributed by atoms with Crippen molar-refractivity contribution < 1.29 is 9.90 Å². The van der Waals surface area contributed by atoms with Gasteiger partial charge in [-0.2, -0.15) is 0 Å². The van der Waals surface area contributed by atoms with Crippen LogP contribution in [0.4, 0.5) is 5.69 Å². The third-order valence-electron chi connectivity index (χ3n) is 2.82. The normalized spacial score (nSPS) is 20.4. The smallest absolute Gasteiger partial charge is 0.388 e. The molecule has 1 unspecified atom stereocenters. The van der Waals surface area contributed by atoms with Crippen LogP contribution in [-0.4, -0.2) is 17.6 Å². The Kier molecular flexibility index (Phi) is 3.06. The molecule has 1 aliphatic rings. The van der Waals surface area contributed by atoms with Crippen molar-refractivity contribution >= 4 is 11.6 Å². The van der Waals surface area contributed by atoms with Crippen LogP contribution >= 0.6 is 0 Å². The van der Waals surface area contributed by atoms with Crippen LogP contribution in [0.15, 0.2) is 42.3 Å². The maximum absolute atomic E-state index is 12.0. The standard InChI is InChI=1S/C12H11N3O2/c13-14-8-11(16)10-6-7-15(12(10)17)9-4-2-1-3-5-9/h1-5,8,10H,6-7H2/p+1/b11-8-. The summed E-state index contributed by atoms with van der Waals surface area (Å²) < 4.78 is 0. The molecule has 0 aliphatic carbocycles. The Morgan fingerprint density at radius 3 is 2.82 bits per heavy atom. The van der Waals surface area contributed by atoms with E-state index in [1.165, 1.54) is 0 Å². The number of carbonyl (C=O) groups excluding carboxylic acids is 1. The molecule has 5 heteroatoms. The van der Waals surface area contributed by atoms with E-state index in [0.29, 0.717) is 13.0 Å². The number of hydrogen-bond donors (Lipinski definition) is 1. The summed E-state index contributed by atoms with van der Waals surface area (Å²) >= 11 is 0. The first-order valence-electron chi connectivity index (χ1n) is 5.33. The zero-order valence-corrected chi connectivity index (χ0v) is 9.15. The highest BCUT2D eigenvalue weighted by Gasteiger charge is 2.36. The molecule has 1 atom stereocenters. The van der Waals surface area contributed by atoms with Gasteiger partial charge in [0.15, 0.2) is 10.7 Å². The van der Waals surface area contributed by atoms with Crippen molar-refractivity contribution in [3.63, 3.8) is 0 Å². The second-order valence-corrected chi connectivity index (χ2v) is 3.84. The van der Waals surface area contributed by atoms with E-state index in [4.69, 9.17) is 5.39 Å². The average molecular weight is 230 g/mol. The highest BCUT2D eigenvalue weighted by atomic mass is 16.3. The molecule has 1 heterocycles. The number of amides is 1. The summed E-state index contributed by atoms with van der Waals surface area (Å²) in [5, 5.41) is 17.9. The molecular formula is C12H12N3O2+. The lowest BCUT2D eigenvalue weighted by Gasteiger charge is -2.15. The van der Waals surface area contributed by atoms with Crippen LogP contribution in [0.5, 0.6) is 0 Å². The lowest BCUT2D eigenvalue weighted by Crippen LogP contribution is -2.27. The summed E-state index contributed by atoms with van der Waals surface area (Å²) in [6.07, 6.45) is 1.42. The molecule has 1 saturated heterocycles.